The quantitative estimate of drug-likeness (QED) is 0.774. The topological polar surface area (TPSA) is 79.1 Å². The van der Waals surface area contributed by atoms with Gasteiger partial charge in [0.25, 0.3) is 0 Å². The SMILES string of the molecule is CCOc1ccccc1-n1nnnc1S[C@H]1CCOC1=O. The molecule has 2 aromatic rings. The van der Waals surface area contributed by atoms with Crippen LogP contribution in [0.5, 0.6) is 5.75 Å². The van der Waals surface area contributed by atoms with Gasteiger partial charge in [0.1, 0.15) is 16.7 Å². The maximum atomic E-state index is 11.6. The molecule has 7 nitrogen and oxygen atoms in total. The zero-order chi connectivity index (χ0) is 14.7. The lowest BCUT2D eigenvalue weighted by molar-refractivity contribution is -0.137. The maximum Gasteiger partial charge on any atom is 0.319 e. The van der Waals surface area contributed by atoms with Gasteiger partial charge in [-0.2, -0.15) is 4.68 Å². The molecular formula is C13H14N4O3S. The van der Waals surface area contributed by atoms with Crippen molar-refractivity contribution in [2.24, 2.45) is 0 Å². The zero-order valence-electron chi connectivity index (χ0n) is 11.4. The number of carbonyl (C=O) groups excluding carboxylic acids is 1. The van der Waals surface area contributed by atoms with Crippen molar-refractivity contribution in [2.75, 3.05) is 13.2 Å². The maximum absolute atomic E-state index is 11.6. The Labute approximate surface area is 125 Å². The number of hydrogen-bond donors (Lipinski definition) is 0. The fourth-order valence-corrected chi connectivity index (χ4v) is 2.98. The van der Waals surface area contributed by atoms with Crippen molar-refractivity contribution in [3.05, 3.63) is 24.3 Å². The molecule has 21 heavy (non-hydrogen) atoms. The molecule has 1 atom stereocenters. The average molecular weight is 306 g/mol. The molecule has 0 aliphatic carbocycles. The number of cyclic esters (lactones) is 1. The highest BCUT2D eigenvalue weighted by molar-refractivity contribution is 8.00. The summed E-state index contributed by atoms with van der Waals surface area (Å²) in [4.78, 5) is 11.6. The molecule has 0 unspecified atom stereocenters. The summed E-state index contributed by atoms with van der Waals surface area (Å²) in [5.74, 6) is 0.482. The highest BCUT2D eigenvalue weighted by atomic mass is 32.2. The molecule has 110 valence electrons. The van der Waals surface area contributed by atoms with E-state index in [2.05, 4.69) is 15.5 Å². The van der Waals surface area contributed by atoms with Gasteiger partial charge in [-0.3, -0.25) is 4.79 Å². The Morgan fingerprint density at radius 3 is 3.10 bits per heavy atom. The van der Waals surface area contributed by atoms with Gasteiger partial charge in [0, 0.05) is 6.42 Å². The van der Waals surface area contributed by atoms with Crippen molar-refractivity contribution in [1.29, 1.82) is 0 Å². The average Bonchev–Trinajstić information content (AvgIpc) is 3.10. The first kappa shape index (κ1) is 13.9. The Balaban J connectivity index is 1.90. The fraction of sp³-hybridized carbons (Fsp3) is 0.385. The van der Waals surface area contributed by atoms with Crippen LogP contribution in [0, 0.1) is 0 Å². The smallest absolute Gasteiger partial charge is 0.319 e. The van der Waals surface area contributed by atoms with E-state index in [1.54, 1.807) is 4.68 Å². The lowest BCUT2D eigenvalue weighted by atomic mass is 10.3. The summed E-state index contributed by atoms with van der Waals surface area (Å²) in [5.41, 5.74) is 0.748. The van der Waals surface area contributed by atoms with Crippen molar-refractivity contribution >= 4 is 17.7 Å². The molecule has 0 spiro atoms. The monoisotopic (exact) mass is 306 g/mol. The molecule has 8 heteroatoms. The normalized spacial score (nSPS) is 17.8. The van der Waals surface area contributed by atoms with Crippen molar-refractivity contribution < 1.29 is 14.3 Å². The summed E-state index contributed by atoms with van der Waals surface area (Å²) in [6.45, 7) is 2.92. The summed E-state index contributed by atoms with van der Waals surface area (Å²) in [7, 11) is 0. The number of carbonyl (C=O) groups is 1. The van der Waals surface area contributed by atoms with E-state index in [-0.39, 0.29) is 11.2 Å². The van der Waals surface area contributed by atoms with Crippen LogP contribution in [-0.2, 0) is 9.53 Å². The largest absolute Gasteiger partial charge is 0.492 e. The second kappa shape index (κ2) is 6.13. The van der Waals surface area contributed by atoms with Crippen LogP contribution in [0.1, 0.15) is 13.3 Å². The lowest BCUT2D eigenvalue weighted by Gasteiger charge is -2.11. The second-order valence-corrected chi connectivity index (χ2v) is 5.51. The molecule has 3 rings (SSSR count). The fourth-order valence-electron chi connectivity index (χ4n) is 2.02. The molecule has 0 saturated carbocycles. The van der Waals surface area contributed by atoms with Crippen LogP contribution in [0.2, 0.25) is 0 Å². The second-order valence-electron chi connectivity index (χ2n) is 4.34. The Morgan fingerprint density at radius 1 is 1.48 bits per heavy atom. The van der Waals surface area contributed by atoms with Gasteiger partial charge in [-0.25, -0.2) is 0 Å². The first-order chi connectivity index (χ1) is 10.3. The number of aromatic nitrogens is 4. The Kier molecular flexibility index (Phi) is 4.05. The van der Waals surface area contributed by atoms with E-state index in [0.717, 1.165) is 5.69 Å². The number of tetrazole rings is 1. The van der Waals surface area contributed by atoms with E-state index < -0.39 is 0 Å². The predicted molar refractivity (Wildman–Crippen MR) is 75.5 cm³/mol. The van der Waals surface area contributed by atoms with E-state index in [1.165, 1.54) is 11.8 Å². The molecule has 1 aliphatic rings. The van der Waals surface area contributed by atoms with Gasteiger partial charge in [-0.1, -0.05) is 23.9 Å². The highest BCUT2D eigenvalue weighted by Gasteiger charge is 2.30. The standard InChI is InChI=1S/C13H14N4O3S/c1-2-19-10-6-4-3-5-9(10)17-13(14-15-16-17)21-11-7-8-20-12(11)18/h3-6,11H,2,7-8H2,1H3/t11-/m0/s1. The number of rotatable bonds is 5. The van der Waals surface area contributed by atoms with E-state index in [1.807, 2.05) is 31.2 Å². The molecule has 0 bridgehead atoms. The van der Waals surface area contributed by atoms with Gasteiger partial charge in [0.05, 0.1) is 13.2 Å². The van der Waals surface area contributed by atoms with Crippen molar-refractivity contribution in [3.8, 4) is 11.4 Å². The summed E-state index contributed by atoms with van der Waals surface area (Å²) in [6, 6.07) is 7.51. The molecule has 0 radical (unpaired) electrons. The van der Waals surface area contributed by atoms with E-state index >= 15 is 0 Å². The first-order valence-corrected chi connectivity index (χ1v) is 7.51. The van der Waals surface area contributed by atoms with Crippen molar-refractivity contribution in [1.82, 2.24) is 20.2 Å². The zero-order valence-corrected chi connectivity index (χ0v) is 12.2. The van der Waals surface area contributed by atoms with E-state index in [9.17, 15) is 4.79 Å². The van der Waals surface area contributed by atoms with Crippen molar-refractivity contribution in [3.63, 3.8) is 0 Å². The molecule has 1 aromatic carbocycles. The molecule has 2 heterocycles. The predicted octanol–water partition coefficient (Wildman–Crippen LogP) is 1.47. The van der Waals surface area contributed by atoms with Crippen LogP contribution in [0.15, 0.2) is 29.4 Å². The number of esters is 1. The van der Waals surface area contributed by atoms with Gasteiger partial charge in [0.15, 0.2) is 0 Å². The molecule has 1 aliphatic heterocycles. The summed E-state index contributed by atoms with van der Waals surface area (Å²) in [5, 5.41) is 12.0. The van der Waals surface area contributed by atoms with Crippen LogP contribution >= 0.6 is 11.8 Å². The number of nitrogens with zero attached hydrogens (tertiary/aromatic N) is 4. The van der Waals surface area contributed by atoms with Gasteiger partial charge in [-0.05, 0) is 29.5 Å². The van der Waals surface area contributed by atoms with Crippen molar-refractivity contribution in [2.45, 2.75) is 23.8 Å². The highest BCUT2D eigenvalue weighted by Crippen LogP contribution is 2.31. The molecular weight excluding hydrogens is 292 g/mol. The van der Waals surface area contributed by atoms with Crippen LogP contribution in [0.25, 0.3) is 5.69 Å². The number of thioether (sulfide) groups is 1. The summed E-state index contributed by atoms with van der Waals surface area (Å²) >= 11 is 1.31. The third-order valence-corrected chi connectivity index (χ3v) is 4.15. The third-order valence-electron chi connectivity index (χ3n) is 2.97. The third kappa shape index (κ3) is 2.85. The number of ether oxygens (including phenoxy) is 2. The first-order valence-electron chi connectivity index (χ1n) is 6.63. The van der Waals surface area contributed by atoms with Crippen LogP contribution in [-0.4, -0.2) is 44.6 Å². The molecule has 0 N–H and O–H groups in total. The van der Waals surface area contributed by atoms with E-state index in [0.29, 0.717) is 30.5 Å². The van der Waals surface area contributed by atoms with Gasteiger partial charge in [0.2, 0.25) is 5.16 Å². The Morgan fingerprint density at radius 2 is 2.33 bits per heavy atom. The van der Waals surface area contributed by atoms with Crippen LogP contribution in [0.4, 0.5) is 0 Å². The van der Waals surface area contributed by atoms with Gasteiger partial charge < -0.3 is 9.47 Å². The van der Waals surface area contributed by atoms with Crippen LogP contribution < -0.4 is 4.74 Å². The molecule has 1 saturated heterocycles. The van der Waals surface area contributed by atoms with E-state index in [4.69, 9.17) is 9.47 Å². The minimum Gasteiger partial charge on any atom is -0.492 e. The van der Waals surface area contributed by atoms with Gasteiger partial charge in [-0.15, -0.1) is 5.10 Å². The molecule has 0 amide bonds. The van der Waals surface area contributed by atoms with Crippen LogP contribution in [0.3, 0.4) is 0 Å². The lowest BCUT2D eigenvalue weighted by Crippen LogP contribution is -2.11. The Hall–Kier alpha value is -2.09. The summed E-state index contributed by atoms with van der Waals surface area (Å²) < 4.78 is 12.1. The minimum atomic E-state index is -0.256. The number of benzene rings is 1. The Bertz CT molecular complexity index is 646. The summed E-state index contributed by atoms with van der Waals surface area (Å²) in [6.07, 6.45) is 0.670. The minimum absolute atomic E-state index is 0.215. The van der Waals surface area contributed by atoms with Gasteiger partial charge >= 0.3 is 5.97 Å². The number of hydrogen-bond acceptors (Lipinski definition) is 7. The molecule has 1 fully saturated rings. The molecule has 1 aromatic heterocycles. The number of para-hydroxylation sites is 2.